The Hall–Kier alpha value is -2.12. The van der Waals surface area contributed by atoms with Gasteiger partial charge >= 0.3 is 0 Å². The Morgan fingerprint density at radius 1 is 1.46 bits per heavy atom. The lowest BCUT2D eigenvalue weighted by atomic mass is 10.1. The molecule has 0 saturated carbocycles. The van der Waals surface area contributed by atoms with Crippen LogP contribution < -0.4 is 15.4 Å². The average molecular weight is 335 g/mol. The van der Waals surface area contributed by atoms with E-state index >= 15 is 0 Å². The van der Waals surface area contributed by atoms with Crippen molar-refractivity contribution in [3.8, 4) is 5.75 Å². The topological polar surface area (TPSA) is 79.9 Å². The number of rotatable bonds is 6. The van der Waals surface area contributed by atoms with E-state index in [1.807, 2.05) is 13.8 Å². The summed E-state index contributed by atoms with van der Waals surface area (Å²) in [5.74, 6) is 0.293. The van der Waals surface area contributed by atoms with Gasteiger partial charge in [-0.2, -0.15) is 0 Å². The molecule has 1 aromatic carbocycles. The first-order chi connectivity index (χ1) is 11.5. The zero-order chi connectivity index (χ0) is 17.5. The van der Waals surface area contributed by atoms with Gasteiger partial charge in [0.1, 0.15) is 11.8 Å². The SMILES string of the molecule is CCN(CC(=O)Nc1cccc(OC)c1)C(=O)[C@H]1NCCO[C@@H]1C. The van der Waals surface area contributed by atoms with Crippen molar-refractivity contribution in [2.24, 2.45) is 0 Å². The largest absolute Gasteiger partial charge is 0.497 e. The number of carbonyl (C=O) groups is 2. The quantitative estimate of drug-likeness (QED) is 0.806. The van der Waals surface area contributed by atoms with E-state index in [9.17, 15) is 9.59 Å². The Morgan fingerprint density at radius 3 is 2.92 bits per heavy atom. The predicted molar refractivity (Wildman–Crippen MR) is 91.1 cm³/mol. The molecule has 0 spiro atoms. The number of ether oxygens (including phenoxy) is 2. The van der Waals surface area contributed by atoms with Crippen molar-refractivity contribution < 1.29 is 19.1 Å². The van der Waals surface area contributed by atoms with Crippen molar-refractivity contribution in [1.29, 1.82) is 0 Å². The standard InChI is InChI=1S/C17H25N3O4/c1-4-20(17(22)16-12(2)24-9-8-18-16)11-15(21)19-13-6-5-7-14(10-13)23-3/h5-7,10,12,16,18H,4,8-9,11H2,1-3H3,(H,19,21)/t12-,16+/m1/s1. The minimum Gasteiger partial charge on any atom is -0.497 e. The van der Waals surface area contributed by atoms with E-state index in [4.69, 9.17) is 9.47 Å². The van der Waals surface area contributed by atoms with Crippen LogP contribution in [0.3, 0.4) is 0 Å². The Bertz CT molecular complexity index is 579. The summed E-state index contributed by atoms with van der Waals surface area (Å²) in [6.07, 6.45) is -0.207. The molecule has 1 saturated heterocycles. The molecular formula is C17H25N3O4. The first-order valence-corrected chi connectivity index (χ1v) is 8.12. The van der Waals surface area contributed by atoms with Gasteiger partial charge in [0.05, 0.1) is 26.4 Å². The van der Waals surface area contributed by atoms with Crippen molar-refractivity contribution in [3.63, 3.8) is 0 Å². The normalized spacial score (nSPS) is 20.3. The van der Waals surface area contributed by atoms with E-state index in [0.717, 1.165) is 0 Å². The van der Waals surface area contributed by atoms with Crippen LogP contribution in [0.4, 0.5) is 5.69 Å². The molecule has 0 bridgehead atoms. The minimum atomic E-state index is -0.414. The summed E-state index contributed by atoms with van der Waals surface area (Å²) in [7, 11) is 1.57. The van der Waals surface area contributed by atoms with Crippen LogP contribution in [-0.4, -0.2) is 62.2 Å². The van der Waals surface area contributed by atoms with Gasteiger partial charge in [-0.25, -0.2) is 0 Å². The maximum absolute atomic E-state index is 12.6. The molecule has 7 heteroatoms. The number of amides is 2. The molecule has 24 heavy (non-hydrogen) atoms. The van der Waals surface area contributed by atoms with Crippen LogP contribution in [0.2, 0.25) is 0 Å². The van der Waals surface area contributed by atoms with Gasteiger partial charge in [-0.15, -0.1) is 0 Å². The summed E-state index contributed by atoms with van der Waals surface area (Å²) in [5, 5.41) is 5.94. The molecule has 0 radical (unpaired) electrons. The third-order valence-electron chi connectivity index (χ3n) is 3.96. The van der Waals surface area contributed by atoms with Gasteiger partial charge in [0.25, 0.3) is 0 Å². The van der Waals surface area contributed by atoms with Crippen LogP contribution in [0.5, 0.6) is 5.75 Å². The number of hydrogen-bond acceptors (Lipinski definition) is 5. The number of nitrogens with zero attached hydrogens (tertiary/aromatic N) is 1. The lowest BCUT2D eigenvalue weighted by Gasteiger charge is -2.33. The molecule has 2 N–H and O–H groups in total. The number of likely N-dealkylation sites (N-methyl/N-ethyl adjacent to an activating group) is 1. The second-order valence-electron chi connectivity index (χ2n) is 5.64. The van der Waals surface area contributed by atoms with Gasteiger partial charge in [-0.3, -0.25) is 9.59 Å². The fourth-order valence-electron chi connectivity index (χ4n) is 2.63. The van der Waals surface area contributed by atoms with E-state index in [-0.39, 0.29) is 24.5 Å². The highest BCUT2D eigenvalue weighted by Crippen LogP contribution is 2.16. The first kappa shape index (κ1) is 18.2. The summed E-state index contributed by atoms with van der Waals surface area (Å²) in [6.45, 7) is 5.39. The number of methoxy groups -OCH3 is 1. The Balaban J connectivity index is 1.95. The molecule has 2 rings (SSSR count). The molecule has 0 unspecified atom stereocenters. The van der Waals surface area contributed by atoms with E-state index in [0.29, 0.717) is 31.1 Å². The van der Waals surface area contributed by atoms with E-state index in [1.165, 1.54) is 4.90 Å². The highest BCUT2D eigenvalue weighted by molar-refractivity contribution is 5.95. The number of carbonyl (C=O) groups excluding carboxylic acids is 2. The summed E-state index contributed by atoms with van der Waals surface area (Å²) in [6, 6.07) is 6.69. The third kappa shape index (κ3) is 4.69. The lowest BCUT2D eigenvalue weighted by molar-refractivity contribution is -0.141. The maximum Gasteiger partial charge on any atom is 0.243 e. The molecule has 1 heterocycles. The fraction of sp³-hybridized carbons (Fsp3) is 0.529. The molecule has 1 aromatic rings. The van der Waals surface area contributed by atoms with Crippen LogP contribution in [0.15, 0.2) is 24.3 Å². The van der Waals surface area contributed by atoms with E-state index in [1.54, 1.807) is 31.4 Å². The molecule has 1 aliphatic heterocycles. The predicted octanol–water partition coefficient (Wildman–Crippen LogP) is 0.859. The molecular weight excluding hydrogens is 310 g/mol. The van der Waals surface area contributed by atoms with Crippen molar-refractivity contribution in [2.75, 3.05) is 38.7 Å². The van der Waals surface area contributed by atoms with Gasteiger partial charge < -0.3 is 25.0 Å². The maximum atomic E-state index is 12.6. The smallest absolute Gasteiger partial charge is 0.243 e. The number of hydrogen-bond donors (Lipinski definition) is 2. The number of anilines is 1. The molecule has 1 fully saturated rings. The van der Waals surface area contributed by atoms with Gasteiger partial charge in [0, 0.05) is 24.8 Å². The molecule has 7 nitrogen and oxygen atoms in total. The van der Waals surface area contributed by atoms with Gasteiger partial charge in [-0.1, -0.05) is 6.07 Å². The van der Waals surface area contributed by atoms with Gasteiger partial charge in [0.2, 0.25) is 11.8 Å². The van der Waals surface area contributed by atoms with E-state index in [2.05, 4.69) is 10.6 Å². The average Bonchev–Trinajstić information content (AvgIpc) is 2.59. The van der Waals surface area contributed by atoms with Crippen LogP contribution in [0.25, 0.3) is 0 Å². The number of nitrogens with one attached hydrogen (secondary N) is 2. The molecule has 0 aliphatic carbocycles. The second kappa shape index (κ2) is 8.65. The highest BCUT2D eigenvalue weighted by atomic mass is 16.5. The van der Waals surface area contributed by atoms with Crippen LogP contribution in [0.1, 0.15) is 13.8 Å². The van der Waals surface area contributed by atoms with Crippen molar-refractivity contribution in [1.82, 2.24) is 10.2 Å². The summed E-state index contributed by atoms with van der Waals surface area (Å²) in [4.78, 5) is 26.4. The van der Waals surface area contributed by atoms with Crippen molar-refractivity contribution in [2.45, 2.75) is 26.0 Å². The molecule has 2 amide bonds. The van der Waals surface area contributed by atoms with Crippen LogP contribution in [-0.2, 0) is 14.3 Å². The highest BCUT2D eigenvalue weighted by Gasteiger charge is 2.32. The fourth-order valence-corrected chi connectivity index (χ4v) is 2.63. The van der Waals surface area contributed by atoms with Crippen molar-refractivity contribution in [3.05, 3.63) is 24.3 Å². The molecule has 132 valence electrons. The number of benzene rings is 1. The second-order valence-corrected chi connectivity index (χ2v) is 5.64. The molecule has 0 aromatic heterocycles. The van der Waals surface area contributed by atoms with Gasteiger partial charge in [-0.05, 0) is 26.0 Å². The Labute approximate surface area is 142 Å². The third-order valence-corrected chi connectivity index (χ3v) is 3.96. The summed E-state index contributed by atoms with van der Waals surface area (Å²) < 4.78 is 10.6. The van der Waals surface area contributed by atoms with E-state index < -0.39 is 6.04 Å². The first-order valence-electron chi connectivity index (χ1n) is 8.12. The van der Waals surface area contributed by atoms with Crippen LogP contribution >= 0.6 is 0 Å². The zero-order valence-corrected chi connectivity index (χ0v) is 14.4. The van der Waals surface area contributed by atoms with Gasteiger partial charge in [0.15, 0.2) is 0 Å². The summed E-state index contributed by atoms with van der Waals surface area (Å²) >= 11 is 0. The monoisotopic (exact) mass is 335 g/mol. The minimum absolute atomic E-state index is 0.00254. The van der Waals surface area contributed by atoms with Crippen LogP contribution in [0, 0.1) is 0 Å². The van der Waals surface area contributed by atoms with Crippen molar-refractivity contribution >= 4 is 17.5 Å². The lowest BCUT2D eigenvalue weighted by Crippen LogP contribution is -2.57. The molecule has 1 aliphatic rings. The zero-order valence-electron chi connectivity index (χ0n) is 14.4. The summed E-state index contributed by atoms with van der Waals surface area (Å²) in [5.41, 5.74) is 0.635. The number of morpholine rings is 1. The molecule has 2 atom stereocenters. The Morgan fingerprint density at radius 2 is 2.25 bits per heavy atom. The Kier molecular flexibility index (Phi) is 6.57.